The molecule has 3 nitrogen and oxygen atoms in total. The van der Waals surface area contributed by atoms with Gasteiger partial charge in [0.25, 0.3) is 0 Å². The summed E-state index contributed by atoms with van der Waals surface area (Å²) < 4.78 is 49.6. The minimum Gasteiger partial charge on any atom is -0.478 e. The maximum atomic E-state index is 13.3. The van der Waals surface area contributed by atoms with Crippen LogP contribution >= 0.6 is 0 Å². The number of benzene rings is 1. The zero-order valence-electron chi connectivity index (χ0n) is 9.46. The normalized spacial score (nSPS) is 11.9. The van der Waals surface area contributed by atoms with E-state index in [0.717, 1.165) is 23.1 Å². The Bertz CT molecular complexity index is 445. The van der Waals surface area contributed by atoms with Crippen LogP contribution in [0.25, 0.3) is 0 Å². The molecule has 0 aromatic heterocycles. The van der Waals surface area contributed by atoms with Crippen LogP contribution in [0.2, 0.25) is 0 Å². The van der Waals surface area contributed by atoms with Crippen LogP contribution in [0, 0.1) is 5.82 Å². The van der Waals surface area contributed by atoms with Crippen molar-refractivity contribution in [1.29, 1.82) is 0 Å². The minimum atomic E-state index is -4.38. The minimum absolute atomic E-state index is 0.0818. The van der Waals surface area contributed by atoms with Gasteiger partial charge in [-0.2, -0.15) is 13.2 Å². The second-order valence-corrected chi connectivity index (χ2v) is 3.90. The third kappa shape index (κ3) is 4.33. The molecule has 0 amide bonds. The van der Waals surface area contributed by atoms with Crippen molar-refractivity contribution in [2.45, 2.75) is 12.7 Å². The Morgan fingerprint density at radius 1 is 1.39 bits per heavy atom. The van der Waals surface area contributed by atoms with Gasteiger partial charge in [-0.3, -0.25) is 4.90 Å². The van der Waals surface area contributed by atoms with Crippen molar-refractivity contribution in [1.82, 2.24) is 4.90 Å². The SMILES string of the molecule is CN(Cc1cc(C(=O)O)ccc1F)CC(F)(F)F. The molecule has 0 aliphatic heterocycles. The number of carboxylic acid groups (broad SMARTS) is 1. The number of halogens is 4. The molecule has 7 heteroatoms. The molecule has 0 fully saturated rings. The molecule has 0 heterocycles. The summed E-state index contributed by atoms with van der Waals surface area (Å²) in [5.74, 6) is -1.98. The fraction of sp³-hybridized carbons (Fsp3) is 0.364. The predicted molar refractivity (Wildman–Crippen MR) is 55.7 cm³/mol. The second kappa shape index (κ2) is 5.34. The van der Waals surface area contributed by atoms with Gasteiger partial charge in [-0.25, -0.2) is 9.18 Å². The molecule has 1 rings (SSSR count). The summed E-state index contributed by atoms with van der Waals surface area (Å²) in [4.78, 5) is 11.5. The Kier molecular flexibility index (Phi) is 4.28. The van der Waals surface area contributed by atoms with Gasteiger partial charge in [0.05, 0.1) is 12.1 Å². The number of nitrogens with zero attached hydrogens (tertiary/aromatic N) is 1. The van der Waals surface area contributed by atoms with Gasteiger partial charge in [-0.1, -0.05) is 0 Å². The molecule has 0 radical (unpaired) electrons. The van der Waals surface area contributed by atoms with E-state index in [0.29, 0.717) is 0 Å². The Balaban J connectivity index is 2.83. The maximum absolute atomic E-state index is 13.3. The van der Waals surface area contributed by atoms with Gasteiger partial charge in [-0.05, 0) is 25.2 Å². The van der Waals surface area contributed by atoms with Gasteiger partial charge in [0, 0.05) is 12.1 Å². The van der Waals surface area contributed by atoms with Gasteiger partial charge in [0.1, 0.15) is 5.82 Å². The van der Waals surface area contributed by atoms with E-state index in [1.165, 1.54) is 7.05 Å². The Hall–Kier alpha value is -1.63. The lowest BCUT2D eigenvalue weighted by molar-refractivity contribution is -0.144. The quantitative estimate of drug-likeness (QED) is 0.850. The molecule has 0 unspecified atom stereocenters. The van der Waals surface area contributed by atoms with Gasteiger partial charge < -0.3 is 5.11 Å². The standard InChI is InChI=1S/C11H11F4NO2/c1-16(6-11(13,14)15)5-8-4-7(10(17)18)2-3-9(8)12/h2-4H,5-6H2,1H3,(H,17,18). The highest BCUT2D eigenvalue weighted by Gasteiger charge is 2.29. The zero-order chi connectivity index (χ0) is 13.9. The van der Waals surface area contributed by atoms with Crippen molar-refractivity contribution in [3.05, 3.63) is 35.1 Å². The molecule has 1 aromatic carbocycles. The van der Waals surface area contributed by atoms with Crippen molar-refractivity contribution in [3.63, 3.8) is 0 Å². The number of rotatable bonds is 4. The van der Waals surface area contributed by atoms with E-state index in [9.17, 15) is 22.4 Å². The van der Waals surface area contributed by atoms with Crippen LogP contribution in [-0.2, 0) is 6.54 Å². The first-order valence-corrected chi connectivity index (χ1v) is 4.96. The summed E-state index contributed by atoms with van der Waals surface area (Å²) in [5, 5.41) is 8.70. The molecular formula is C11H11F4NO2. The van der Waals surface area contributed by atoms with E-state index in [-0.39, 0.29) is 17.7 Å². The molecule has 0 atom stereocenters. The third-order valence-electron chi connectivity index (χ3n) is 2.18. The van der Waals surface area contributed by atoms with Crippen molar-refractivity contribution < 1.29 is 27.5 Å². The average molecular weight is 265 g/mol. The fourth-order valence-corrected chi connectivity index (χ4v) is 1.48. The van der Waals surface area contributed by atoms with Crippen molar-refractivity contribution in [2.24, 2.45) is 0 Å². The number of aromatic carboxylic acids is 1. The predicted octanol–water partition coefficient (Wildman–Crippen LogP) is 2.52. The monoisotopic (exact) mass is 265 g/mol. The van der Waals surface area contributed by atoms with E-state index < -0.39 is 24.5 Å². The first-order chi connectivity index (χ1) is 8.19. The van der Waals surface area contributed by atoms with Crippen LogP contribution in [0.5, 0.6) is 0 Å². The summed E-state index contributed by atoms with van der Waals surface area (Å²) in [7, 11) is 1.18. The van der Waals surface area contributed by atoms with Crippen LogP contribution in [0.1, 0.15) is 15.9 Å². The van der Waals surface area contributed by atoms with Gasteiger partial charge >= 0.3 is 12.1 Å². The molecule has 0 saturated carbocycles. The summed E-state index contributed by atoms with van der Waals surface area (Å²) in [6, 6.07) is 3.02. The van der Waals surface area contributed by atoms with Crippen molar-refractivity contribution in [2.75, 3.05) is 13.6 Å². The number of carboxylic acids is 1. The fourth-order valence-electron chi connectivity index (χ4n) is 1.48. The molecule has 0 aliphatic carbocycles. The van der Waals surface area contributed by atoms with Crippen LogP contribution in [0.3, 0.4) is 0 Å². The highest BCUT2D eigenvalue weighted by Crippen LogP contribution is 2.18. The number of hydrogen-bond acceptors (Lipinski definition) is 2. The van der Waals surface area contributed by atoms with E-state index >= 15 is 0 Å². The van der Waals surface area contributed by atoms with Crippen LogP contribution in [-0.4, -0.2) is 35.7 Å². The highest BCUT2D eigenvalue weighted by molar-refractivity contribution is 5.87. The zero-order valence-corrected chi connectivity index (χ0v) is 9.46. The lowest BCUT2D eigenvalue weighted by atomic mass is 10.1. The topological polar surface area (TPSA) is 40.5 Å². The first kappa shape index (κ1) is 14.4. The number of carbonyl (C=O) groups is 1. The van der Waals surface area contributed by atoms with E-state index in [2.05, 4.69) is 0 Å². The second-order valence-electron chi connectivity index (χ2n) is 3.90. The van der Waals surface area contributed by atoms with Crippen LogP contribution < -0.4 is 0 Å². The molecule has 18 heavy (non-hydrogen) atoms. The molecular weight excluding hydrogens is 254 g/mol. The molecule has 0 aliphatic rings. The van der Waals surface area contributed by atoms with Crippen molar-refractivity contribution in [3.8, 4) is 0 Å². The molecule has 1 aromatic rings. The van der Waals surface area contributed by atoms with Gasteiger partial charge in [-0.15, -0.1) is 0 Å². The Labute approximate surface area is 101 Å². The van der Waals surface area contributed by atoms with Crippen LogP contribution in [0.4, 0.5) is 17.6 Å². The van der Waals surface area contributed by atoms with Crippen LogP contribution in [0.15, 0.2) is 18.2 Å². The number of hydrogen-bond donors (Lipinski definition) is 1. The smallest absolute Gasteiger partial charge is 0.401 e. The molecule has 1 N–H and O–H groups in total. The Morgan fingerprint density at radius 3 is 2.50 bits per heavy atom. The maximum Gasteiger partial charge on any atom is 0.401 e. The summed E-state index contributed by atoms with van der Waals surface area (Å²) in [6.07, 6.45) is -4.38. The summed E-state index contributed by atoms with van der Waals surface area (Å²) in [6.45, 7) is -1.50. The third-order valence-corrected chi connectivity index (χ3v) is 2.18. The van der Waals surface area contributed by atoms with E-state index in [1.54, 1.807) is 0 Å². The van der Waals surface area contributed by atoms with Crippen molar-refractivity contribution >= 4 is 5.97 Å². The average Bonchev–Trinajstić information content (AvgIpc) is 2.18. The summed E-state index contributed by atoms with van der Waals surface area (Å²) >= 11 is 0. The van der Waals surface area contributed by atoms with E-state index in [4.69, 9.17) is 5.11 Å². The van der Waals surface area contributed by atoms with Gasteiger partial charge in [0.15, 0.2) is 0 Å². The lowest BCUT2D eigenvalue weighted by Gasteiger charge is -2.19. The Morgan fingerprint density at radius 2 is 2.00 bits per heavy atom. The lowest BCUT2D eigenvalue weighted by Crippen LogP contribution is -2.30. The molecule has 0 spiro atoms. The highest BCUT2D eigenvalue weighted by atomic mass is 19.4. The largest absolute Gasteiger partial charge is 0.478 e. The first-order valence-electron chi connectivity index (χ1n) is 4.96. The van der Waals surface area contributed by atoms with Gasteiger partial charge in [0.2, 0.25) is 0 Å². The number of alkyl halides is 3. The molecule has 0 bridgehead atoms. The molecule has 100 valence electrons. The van der Waals surface area contributed by atoms with E-state index in [1.807, 2.05) is 0 Å². The molecule has 0 saturated heterocycles. The summed E-state index contributed by atoms with van der Waals surface area (Å²) in [5.41, 5.74) is -0.242.